The van der Waals surface area contributed by atoms with E-state index in [-0.39, 0.29) is 17.7 Å². The lowest BCUT2D eigenvalue weighted by Crippen LogP contribution is -2.39. The van der Waals surface area contributed by atoms with E-state index in [9.17, 15) is 9.59 Å². The lowest BCUT2D eigenvalue weighted by molar-refractivity contribution is -0.122. The predicted octanol–water partition coefficient (Wildman–Crippen LogP) is 3.79. The zero-order valence-electron chi connectivity index (χ0n) is 17.0. The van der Waals surface area contributed by atoms with Crippen LogP contribution >= 0.6 is 11.3 Å². The van der Waals surface area contributed by atoms with Crippen LogP contribution in [-0.4, -0.2) is 41.3 Å². The molecule has 1 aromatic carbocycles. The van der Waals surface area contributed by atoms with Gasteiger partial charge in [0.25, 0.3) is 5.91 Å². The van der Waals surface area contributed by atoms with Crippen LogP contribution in [0.4, 0.5) is 0 Å². The summed E-state index contributed by atoms with van der Waals surface area (Å²) in [5, 5.41) is 6.22. The molecule has 1 saturated carbocycles. The van der Waals surface area contributed by atoms with Crippen LogP contribution in [0.25, 0.3) is 0 Å². The van der Waals surface area contributed by atoms with Crippen LogP contribution in [0.15, 0.2) is 29.6 Å². The quantitative estimate of drug-likeness (QED) is 0.754. The Labute approximate surface area is 176 Å². The molecule has 0 radical (unpaired) electrons. The lowest BCUT2D eigenvalue weighted by Gasteiger charge is -2.32. The molecule has 1 aliphatic heterocycles. The summed E-state index contributed by atoms with van der Waals surface area (Å²) in [6.07, 6.45) is 5.91. The van der Waals surface area contributed by atoms with Gasteiger partial charge in [-0.1, -0.05) is 19.1 Å². The lowest BCUT2D eigenvalue weighted by atomic mass is 9.97. The second-order valence-electron chi connectivity index (χ2n) is 8.13. The van der Waals surface area contributed by atoms with Gasteiger partial charge in [0, 0.05) is 48.8 Å². The average molecular weight is 412 g/mol. The molecule has 2 aromatic rings. The predicted molar refractivity (Wildman–Crippen MR) is 115 cm³/mol. The Balaban J connectivity index is 1.32. The number of piperidine rings is 1. The van der Waals surface area contributed by atoms with Gasteiger partial charge in [-0.05, 0) is 49.8 Å². The third kappa shape index (κ3) is 5.04. The highest BCUT2D eigenvalue weighted by atomic mass is 32.1. The van der Waals surface area contributed by atoms with E-state index in [1.807, 2.05) is 29.2 Å². The molecular formula is C23H29N3O2S. The number of aromatic nitrogens is 1. The van der Waals surface area contributed by atoms with Crippen molar-refractivity contribution in [2.75, 3.05) is 19.6 Å². The van der Waals surface area contributed by atoms with Crippen LogP contribution in [-0.2, 0) is 17.6 Å². The number of aryl methyl sites for hydroxylation is 1. The monoisotopic (exact) mass is 411 g/mol. The average Bonchev–Trinajstić information content (AvgIpc) is 3.52. The van der Waals surface area contributed by atoms with E-state index in [1.54, 1.807) is 11.3 Å². The highest BCUT2D eigenvalue weighted by molar-refractivity contribution is 7.09. The molecule has 2 aliphatic rings. The number of likely N-dealkylation sites (tertiary alicyclic amines) is 1. The third-order valence-corrected chi connectivity index (χ3v) is 6.92. The van der Waals surface area contributed by atoms with Gasteiger partial charge in [-0.15, -0.1) is 11.3 Å². The zero-order chi connectivity index (χ0) is 20.2. The standard InChI is InChI=1S/C23H29N3O2S/c1-2-16-5-7-18(8-6-16)23(28)26-13-3-4-19(14-26)22-25-20(15-29-22)11-12-24-21(27)17-9-10-17/h5-8,15,17,19H,2-4,9-14H2,1H3,(H,24,27). The minimum Gasteiger partial charge on any atom is -0.355 e. The number of thiazole rings is 1. The van der Waals surface area contributed by atoms with E-state index in [1.165, 1.54) is 5.56 Å². The van der Waals surface area contributed by atoms with Crippen molar-refractivity contribution in [2.45, 2.75) is 51.4 Å². The Hall–Kier alpha value is -2.21. The van der Waals surface area contributed by atoms with Gasteiger partial charge in [0.2, 0.25) is 5.91 Å². The first-order valence-electron chi connectivity index (χ1n) is 10.7. The van der Waals surface area contributed by atoms with Crippen molar-refractivity contribution < 1.29 is 9.59 Å². The number of hydrogen-bond donors (Lipinski definition) is 1. The van der Waals surface area contributed by atoms with Crippen molar-refractivity contribution >= 4 is 23.2 Å². The number of rotatable bonds is 7. The molecule has 1 atom stereocenters. The molecule has 29 heavy (non-hydrogen) atoms. The number of nitrogens with one attached hydrogen (secondary N) is 1. The highest BCUT2D eigenvalue weighted by Crippen LogP contribution is 2.30. The van der Waals surface area contributed by atoms with Gasteiger partial charge in [0.15, 0.2) is 0 Å². The van der Waals surface area contributed by atoms with E-state index < -0.39 is 0 Å². The number of carbonyl (C=O) groups is 2. The molecule has 154 valence electrons. The van der Waals surface area contributed by atoms with Crippen LogP contribution < -0.4 is 5.32 Å². The van der Waals surface area contributed by atoms with Gasteiger partial charge >= 0.3 is 0 Å². The van der Waals surface area contributed by atoms with Crippen LogP contribution in [0.2, 0.25) is 0 Å². The second-order valence-corrected chi connectivity index (χ2v) is 9.02. The molecule has 4 rings (SSSR count). The molecule has 6 heteroatoms. The number of benzene rings is 1. The van der Waals surface area contributed by atoms with Crippen molar-refractivity contribution in [1.82, 2.24) is 15.2 Å². The Bertz CT molecular complexity index is 857. The zero-order valence-corrected chi connectivity index (χ0v) is 17.8. The topological polar surface area (TPSA) is 62.3 Å². The molecule has 2 amide bonds. The first kappa shape index (κ1) is 20.1. The summed E-state index contributed by atoms with van der Waals surface area (Å²) in [5.74, 6) is 0.873. The van der Waals surface area contributed by atoms with Gasteiger partial charge in [0.05, 0.1) is 10.7 Å². The minimum atomic E-state index is 0.122. The van der Waals surface area contributed by atoms with Crippen LogP contribution in [0.3, 0.4) is 0 Å². The van der Waals surface area contributed by atoms with Crippen LogP contribution in [0.5, 0.6) is 0 Å². The summed E-state index contributed by atoms with van der Waals surface area (Å²) < 4.78 is 0. The summed E-state index contributed by atoms with van der Waals surface area (Å²) in [5.41, 5.74) is 3.07. The van der Waals surface area contributed by atoms with Crippen molar-refractivity contribution in [2.24, 2.45) is 5.92 Å². The highest BCUT2D eigenvalue weighted by Gasteiger charge is 2.29. The second kappa shape index (κ2) is 9.08. The Morgan fingerprint density at radius 3 is 2.72 bits per heavy atom. The number of amides is 2. The largest absolute Gasteiger partial charge is 0.355 e. The van der Waals surface area contributed by atoms with E-state index >= 15 is 0 Å². The fraction of sp³-hybridized carbons (Fsp3) is 0.522. The Kier molecular flexibility index (Phi) is 6.28. The molecule has 1 aliphatic carbocycles. The summed E-state index contributed by atoms with van der Waals surface area (Å²) in [4.78, 5) is 31.4. The van der Waals surface area contributed by atoms with Crippen molar-refractivity contribution in [3.63, 3.8) is 0 Å². The molecule has 1 N–H and O–H groups in total. The number of hydrogen-bond acceptors (Lipinski definition) is 4. The normalized spacial score (nSPS) is 19.2. The summed E-state index contributed by atoms with van der Waals surface area (Å²) in [6, 6.07) is 7.98. The third-order valence-electron chi connectivity index (χ3n) is 5.87. The van der Waals surface area contributed by atoms with E-state index in [0.717, 1.165) is 67.9 Å². The molecule has 0 spiro atoms. The fourth-order valence-electron chi connectivity index (χ4n) is 3.86. The van der Waals surface area contributed by atoms with E-state index in [4.69, 9.17) is 4.98 Å². The first-order chi connectivity index (χ1) is 14.1. The maximum absolute atomic E-state index is 12.9. The van der Waals surface area contributed by atoms with E-state index in [0.29, 0.717) is 12.5 Å². The number of carbonyl (C=O) groups excluding carboxylic acids is 2. The van der Waals surface area contributed by atoms with Gasteiger partial charge in [0.1, 0.15) is 0 Å². The molecule has 1 saturated heterocycles. The molecule has 1 unspecified atom stereocenters. The van der Waals surface area contributed by atoms with E-state index in [2.05, 4.69) is 17.6 Å². The minimum absolute atomic E-state index is 0.122. The van der Waals surface area contributed by atoms with Crippen molar-refractivity contribution in [3.05, 3.63) is 51.5 Å². The van der Waals surface area contributed by atoms with Gasteiger partial charge in [-0.3, -0.25) is 9.59 Å². The van der Waals surface area contributed by atoms with Crippen LogP contribution in [0.1, 0.15) is 65.1 Å². The maximum atomic E-state index is 12.9. The molecule has 1 aromatic heterocycles. The summed E-state index contributed by atoms with van der Waals surface area (Å²) in [6.45, 7) is 4.33. The maximum Gasteiger partial charge on any atom is 0.253 e. The van der Waals surface area contributed by atoms with Crippen molar-refractivity contribution in [1.29, 1.82) is 0 Å². The SMILES string of the molecule is CCc1ccc(C(=O)N2CCCC(c3nc(CCNC(=O)C4CC4)cs3)C2)cc1. The van der Waals surface area contributed by atoms with Gasteiger partial charge in [-0.2, -0.15) is 0 Å². The Morgan fingerprint density at radius 1 is 1.21 bits per heavy atom. The summed E-state index contributed by atoms with van der Waals surface area (Å²) >= 11 is 1.69. The Morgan fingerprint density at radius 2 is 2.00 bits per heavy atom. The molecule has 2 heterocycles. The number of nitrogens with zero attached hydrogens (tertiary/aromatic N) is 2. The van der Waals surface area contributed by atoms with Crippen molar-refractivity contribution in [3.8, 4) is 0 Å². The molecule has 0 bridgehead atoms. The molecule has 2 fully saturated rings. The molecular weight excluding hydrogens is 382 g/mol. The first-order valence-corrected chi connectivity index (χ1v) is 11.6. The fourth-order valence-corrected chi connectivity index (χ4v) is 4.84. The smallest absolute Gasteiger partial charge is 0.253 e. The summed E-state index contributed by atoms with van der Waals surface area (Å²) in [7, 11) is 0. The van der Waals surface area contributed by atoms with Gasteiger partial charge in [-0.25, -0.2) is 4.98 Å². The van der Waals surface area contributed by atoms with Crippen LogP contribution in [0, 0.1) is 5.92 Å². The van der Waals surface area contributed by atoms with Gasteiger partial charge < -0.3 is 10.2 Å². The molecule has 5 nitrogen and oxygen atoms in total.